The fourth-order valence-corrected chi connectivity index (χ4v) is 1.42. The molecule has 1 amide bonds. The molecule has 0 atom stereocenters. The minimum absolute atomic E-state index is 0.343. The third-order valence-electron chi connectivity index (χ3n) is 3.00. The molecule has 1 rings (SSSR count). The van der Waals surface area contributed by atoms with Gasteiger partial charge in [-0.25, -0.2) is 4.79 Å². The molecular weight excluding hydrogens is 234 g/mol. The fraction of sp³-hybridized carbons (Fsp3) is 0.583. The van der Waals surface area contributed by atoms with Crippen molar-refractivity contribution in [2.24, 2.45) is 0 Å². The number of amides is 1. The second-order valence-electron chi connectivity index (χ2n) is 4.72. The number of aromatic nitrogens is 2. The molecule has 0 aliphatic rings. The van der Waals surface area contributed by atoms with Gasteiger partial charge in [0.15, 0.2) is 0 Å². The summed E-state index contributed by atoms with van der Waals surface area (Å²) in [6, 6.07) is 0. The van der Waals surface area contributed by atoms with Crippen LogP contribution in [0.25, 0.3) is 0 Å². The van der Waals surface area contributed by atoms with E-state index < -0.39 is 11.5 Å². The van der Waals surface area contributed by atoms with Gasteiger partial charge in [0.25, 0.3) is 5.91 Å². The molecule has 1 aromatic heterocycles. The van der Waals surface area contributed by atoms with Crippen LogP contribution in [0.2, 0.25) is 0 Å². The van der Waals surface area contributed by atoms with Crippen LogP contribution in [0.4, 0.5) is 0 Å². The van der Waals surface area contributed by atoms with Crippen LogP contribution in [-0.4, -0.2) is 44.3 Å². The van der Waals surface area contributed by atoms with E-state index >= 15 is 0 Å². The number of likely N-dealkylation sites (N-methyl/N-ethyl adjacent to an activating group) is 1. The first kappa shape index (κ1) is 14.2. The summed E-state index contributed by atoms with van der Waals surface area (Å²) in [6.45, 7) is 5.73. The smallest absolute Gasteiger partial charge is 0.329 e. The van der Waals surface area contributed by atoms with Crippen molar-refractivity contribution in [2.45, 2.75) is 39.3 Å². The van der Waals surface area contributed by atoms with Crippen molar-refractivity contribution in [1.29, 1.82) is 0 Å². The van der Waals surface area contributed by atoms with Crippen LogP contribution in [-0.2, 0) is 11.3 Å². The highest BCUT2D eigenvalue weighted by molar-refractivity contribution is 5.97. The molecule has 0 radical (unpaired) electrons. The Morgan fingerprint density at radius 2 is 2.11 bits per heavy atom. The maximum Gasteiger partial charge on any atom is 0.329 e. The zero-order chi connectivity index (χ0) is 13.9. The average molecular weight is 253 g/mol. The molecule has 0 aromatic carbocycles. The van der Waals surface area contributed by atoms with E-state index in [9.17, 15) is 9.59 Å². The van der Waals surface area contributed by atoms with Gasteiger partial charge in [-0.1, -0.05) is 6.92 Å². The lowest BCUT2D eigenvalue weighted by atomic mass is 10.0. The summed E-state index contributed by atoms with van der Waals surface area (Å²) in [5.74, 6) is -1.39. The molecule has 6 heteroatoms. The van der Waals surface area contributed by atoms with Crippen LogP contribution < -0.4 is 0 Å². The number of aryl methyl sites for hydroxylation is 1. The number of nitrogens with zero attached hydrogens (tertiary/aromatic N) is 3. The second kappa shape index (κ2) is 5.20. The van der Waals surface area contributed by atoms with E-state index in [1.54, 1.807) is 10.9 Å². The highest BCUT2D eigenvalue weighted by Crippen LogP contribution is 2.16. The van der Waals surface area contributed by atoms with Crippen molar-refractivity contribution in [3.05, 3.63) is 18.0 Å². The Morgan fingerprint density at radius 3 is 2.61 bits per heavy atom. The van der Waals surface area contributed by atoms with Crippen molar-refractivity contribution in [3.63, 3.8) is 0 Å². The van der Waals surface area contributed by atoms with E-state index in [1.165, 1.54) is 32.0 Å². The molecule has 0 spiro atoms. The van der Waals surface area contributed by atoms with Crippen LogP contribution in [0.3, 0.4) is 0 Å². The van der Waals surface area contributed by atoms with Crippen LogP contribution in [0.5, 0.6) is 0 Å². The monoisotopic (exact) mass is 253 g/mol. The highest BCUT2D eigenvalue weighted by atomic mass is 16.4. The highest BCUT2D eigenvalue weighted by Gasteiger charge is 2.35. The Hall–Kier alpha value is -1.85. The molecule has 6 nitrogen and oxygen atoms in total. The second-order valence-corrected chi connectivity index (χ2v) is 4.72. The van der Waals surface area contributed by atoms with Crippen molar-refractivity contribution in [1.82, 2.24) is 14.7 Å². The van der Waals surface area contributed by atoms with Gasteiger partial charge in [-0.15, -0.1) is 0 Å². The maximum absolute atomic E-state index is 12.1. The van der Waals surface area contributed by atoms with Crippen molar-refractivity contribution in [2.75, 3.05) is 7.05 Å². The van der Waals surface area contributed by atoms with Gasteiger partial charge in [0.1, 0.15) is 5.54 Å². The molecule has 0 saturated carbocycles. The summed E-state index contributed by atoms with van der Waals surface area (Å²) in [5.41, 5.74) is -0.843. The van der Waals surface area contributed by atoms with E-state index in [1.807, 2.05) is 6.92 Å². The minimum Gasteiger partial charge on any atom is -0.480 e. The Kier molecular flexibility index (Phi) is 4.11. The van der Waals surface area contributed by atoms with Gasteiger partial charge in [-0.3, -0.25) is 9.48 Å². The molecular formula is C12H19N3O3. The average Bonchev–Trinajstić information content (AvgIpc) is 2.76. The summed E-state index contributed by atoms with van der Waals surface area (Å²) in [6.07, 6.45) is 4.03. The fourth-order valence-electron chi connectivity index (χ4n) is 1.42. The number of carbonyl (C=O) groups is 2. The van der Waals surface area contributed by atoms with E-state index in [0.29, 0.717) is 5.56 Å². The third kappa shape index (κ3) is 2.69. The lowest BCUT2D eigenvalue weighted by Gasteiger charge is -2.31. The van der Waals surface area contributed by atoms with Gasteiger partial charge in [0.05, 0.1) is 11.8 Å². The van der Waals surface area contributed by atoms with Crippen molar-refractivity contribution < 1.29 is 14.7 Å². The Balaban J connectivity index is 2.89. The zero-order valence-electron chi connectivity index (χ0n) is 11.2. The summed E-state index contributed by atoms with van der Waals surface area (Å²) in [4.78, 5) is 24.4. The number of rotatable bonds is 5. The zero-order valence-corrected chi connectivity index (χ0v) is 11.2. The molecule has 0 aliphatic carbocycles. The van der Waals surface area contributed by atoms with Gasteiger partial charge >= 0.3 is 5.97 Å². The quantitative estimate of drug-likeness (QED) is 0.856. The normalized spacial score (nSPS) is 11.3. The van der Waals surface area contributed by atoms with Crippen LogP contribution in [0, 0.1) is 0 Å². The van der Waals surface area contributed by atoms with Crippen molar-refractivity contribution >= 4 is 11.9 Å². The van der Waals surface area contributed by atoms with E-state index in [2.05, 4.69) is 5.10 Å². The first-order valence-electron chi connectivity index (χ1n) is 5.84. The minimum atomic E-state index is -1.25. The van der Waals surface area contributed by atoms with Crippen LogP contribution in [0.1, 0.15) is 37.6 Å². The van der Waals surface area contributed by atoms with Crippen LogP contribution >= 0.6 is 0 Å². The molecule has 0 bridgehead atoms. The largest absolute Gasteiger partial charge is 0.480 e. The standard InChI is InChI=1S/C12H19N3O3/c1-5-6-15-8-9(7-13-15)10(16)14(4)12(2,3)11(17)18/h7-8H,5-6H2,1-4H3,(H,17,18). The molecule has 1 heterocycles. The lowest BCUT2D eigenvalue weighted by molar-refractivity contribution is -0.147. The van der Waals surface area contributed by atoms with E-state index in [0.717, 1.165) is 13.0 Å². The molecule has 1 N–H and O–H groups in total. The SMILES string of the molecule is CCCn1cc(C(=O)N(C)C(C)(C)C(=O)O)cn1. The predicted octanol–water partition coefficient (Wildman–Crippen LogP) is 1.23. The maximum atomic E-state index is 12.1. The van der Waals surface area contributed by atoms with Gasteiger partial charge in [-0.05, 0) is 20.3 Å². The third-order valence-corrected chi connectivity index (χ3v) is 3.00. The Labute approximate surface area is 106 Å². The topological polar surface area (TPSA) is 75.4 Å². The first-order valence-corrected chi connectivity index (χ1v) is 5.84. The summed E-state index contributed by atoms with van der Waals surface area (Å²) < 4.78 is 1.68. The molecule has 0 unspecified atom stereocenters. The van der Waals surface area contributed by atoms with Gasteiger partial charge in [0, 0.05) is 19.8 Å². The Morgan fingerprint density at radius 1 is 1.50 bits per heavy atom. The molecule has 0 saturated heterocycles. The van der Waals surface area contributed by atoms with Crippen LogP contribution in [0.15, 0.2) is 12.4 Å². The number of carboxylic acids is 1. The summed E-state index contributed by atoms with van der Waals surface area (Å²) >= 11 is 0. The number of hydrogen-bond donors (Lipinski definition) is 1. The number of carbonyl (C=O) groups excluding carboxylic acids is 1. The van der Waals surface area contributed by atoms with Crippen molar-refractivity contribution in [3.8, 4) is 0 Å². The number of hydrogen-bond acceptors (Lipinski definition) is 3. The number of aliphatic carboxylic acids is 1. The van der Waals surface area contributed by atoms with Gasteiger partial charge < -0.3 is 10.0 Å². The molecule has 1 aromatic rings. The number of carboxylic acid groups (broad SMARTS) is 1. The summed E-state index contributed by atoms with van der Waals surface area (Å²) in [7, 11) is 1.48. The van der Waals surface area contributed by atoms with Gasteiger partial charge in [-0.2, -0.15) is 5.10 Å². The van der Waals surface area contributed by atoms with Gasteiger partial charge in [0.2, 0.25) is 0 Å². The lowest BCUT2D eigenvalue weighted by Crippen LogP contribution is -2.50. The Bertz CT molecular complexity index is 451. The van der Waals surface area contributed by atoms with E-state index in [4.69, 9.17) is 5.11 Å². The molecule has 0 fully saturated rings. The first-order chi connectivity index (χ1) is 8.30. The predicted molar refractivity (Wildman–Crippen MR) is 66.3 cm³/mol. The summed E-state index contributed by atoms with van der Waals surface area (Å²) in [5, 5.41) is 13.1. The molecule has 100 valence electrons. The molecule has 0 aliphatic heterocycles. The molecule has 18 heavy (non-hydrogen) atoms. The van der Waals surface area contributed by atoms with E-state index in [-0.39, 0.29) is 5.91 Å².